The maximum Gasteiger partial charge on any atom is 0.387 e. The van der Waals surface area contributed by atoms with Crippen LogP contribution < -0.4 is 31.0 Å². The molecule has 1 aromatic carbocycles. The summed E-state index contributed by atoms with van der Waals surface area (Å²) in [5.74, 6) is -0.643. The van der Waals surface area contributed by atoms with Crippen LogP contribution >= 0.6 is 0 Å². The number of alkyl halides is 2. The largest absolute Gasteiger partial charge is 0.489 e. The number of pyridine rings is 1. The number of nitrogens with two attached hydrogens (primary N) is 2. The van der Waals surface area contributed by atoms with Crippen molar-refractivity contribution in [3.8, 4) is 17.2 Å². The molecular formula is C27H32F2N4O6. The summed E-state index contributed by atoms with van der Waals surface area (Å²) in [4.78, 5) is 28.8. The molecule has 0 bridgehead atoms. The van der Waals surface area contributed by atoms with Gasteiger partial charge in [0.1, 0.15) is 23.9 Å². The highest BCUT2D eigenvalue weighted by molar-refractivity contribution is 6.18. The Morgan fingerprint density at radius 3 is 2.46 bits per heavy atom. The molecule has 2 saturated carbocycles. The van der Waals surface area contributed by atoms with Gasteiger partial charge in [-0.25, -0.2) is 0 Å². The van der Waals surface area contributed by atoms with Crippen LogP contribution in [0.5, 0.6) is 17.2 Å². The molecule has 6 N–H and O–H groups in total. The number of nitrogens with one attached hydrogen (secondary N) is 1. The summed E-state index contributed by atoms with van der Waals surface area (Å²) >= 11 is 0. The Morgan fingerprint density at radius 1 is 1.21 bits per heavy atom. The highest BCUT2D eigenvalue weighted by Gasteiger charge is 2.54. The van der Waals surface area contributed by atoms with Gasteiger partial charge < -0.3 is 36.1 Å². The Kier molecular flexibility index (Phi) is 7.96. The zero-order valence-corrected chi connectivity index (χ0v) is 21.7. The van der Waals surface area contributed by atoms with Crippen molar-refractivity contribution in [2.75, 3.05) is 6.61 Å². The lowest BCUT2D eigenvalue weighted by molar-refractivity contribution is -0.122. The van der Waals surface area contributed by atoms with Gasteiger partial charge in [0.15, 0.2) is 0 Å². The number of hydrogen-bond donors (Lipinski definition) is 4. The Hall–Kier alpha value is -3.93. The number of nitrogens with zero attached hydrogens (tertiary/aromatic N) is 1. The van der Waals surface area contributed by atoms with Crippen molar-refractivity contribution in [3.05, 3.63) is 54.0 Å². The number of primary amides is 1. The van der Waals surface area contributed by atoms with Crippen molar-refractivity contribution in [1.82, 2.24) is 10.3 Å². The molecule has 10 nitrogen and oxygen atoms in total. The molecule has 0 radical (unpaired) electrons. The smallest absolute Gasteiger partial charge is 0.387 e. The molecule has 2 aromatic rings. The zero-order valence-electron chi connectivity index (χ0n) is 21.7. The van der Waals surface area contributed by atoms with Gasteiger partial charge in [0.2, 0.25) is 0 Å². The monoisotopic (exact) mass is 546 g/mol. The van der Waals surface area contributed by atoms with Crippen molar-refractivity contribution < 1.29 is 37.7 Å². The topological polar surface area (TPSA) is 159 Å². The second-order valence-corrected chi connectivity index (χ2v) is 10.7. The molecule has 0 saturated heterocycles. The summed E-state index contributed by atoms with van der Waals surface area (Å²) in [6.07, 6.45) is 5.30. The number of rotatable bonds is 11. The normalized spacial score (nSPS) is 22.6. The van der Waals surface area contributed by atoms with E-state index in [1.54, 1.807) is 26.0 Å². The van der Waals surface area contributed by atoms with Crippen LogP contribution in [0.1, 0.15) is 55.6 Å². The van der Waals surface area contributed by atoms with Crippen LogP contribution in [0.4, 0.5) is 8.78 Å². The van der Waals surface area contributed by atoms with Gasteiger partial charge in [0.05, 0.1) is 34.7 Å². The summed E-state index contributed by atoms with van der Waals surface area (Å²) in [5.41, 5.74) is 10.8. The van der Waals surface area contributed by atoms with Gasteiger partial charge in [-0.15, -0.1) is 0 Å². The molecule has 12 heteroatoms. The third-order valence-electron chi connectivity index (χ3n) is 6.77. The van der Waals surface area contributed by atoms with Crippen molar-refractivity contribution in [3.63, 3.8) is 0 Å². The van der Waals surface area contributed by atoms with Gasteiger partial charge in [-0.1, -0.05) is 0 Å². The molecular weight excluding hydrogens is 514 g/mol. The first-order chi connectivity index (χ1) is 18.4. The minimum atomic E-state index is -3.00. The van der Waals surface area contributed by atoms with E-state index in [9.17, 15) is 23.5 Å². The number of carbonyl (C=O) groups is 2. The quantitative estimate of drug-likeness (QED) is 0.313. The predicted molar refractivity (Wildman–Crippen MR) is 137 cm³/mol. The van der Waals surface area contributed by atoms with Crippen LogP contribution in [-0.2, 0) is 4.79 Å². The fraction of sp³-hybridized carbons (Fsp3) is 0.444. The number of halogens is 2. The molecule has 0 aliphatic heterocycles. The van der Waals surface area contributed by atoms with Crippen molar-refractivity contribution in [2.45, 2.75) is 63.9 Å². The third kappa shape index (κ3) is 6.94. The van der Waals surface area contributed by atoms with E-state index in [4.69, 9.17) is 20.9 Å². The lowest BCUT2D eigenvalue weighted by atomic mass is 9.53. The Balaban J connectivity index is 1.27. The fourth-order valence-corrected chi connectivity index (χ4v) is 5.00. The van der Waals surface area contributed by atoms with Gasteiger partial charge in [-0.05, 0) is 69.2 Å². The number of amides is 2. The maximum absolute atomic E-state index is 12.9. The maximum atomic E-state index is 12.9. The van der Waals surface area contributed by atoms with Crippen molar-refractivity contribution in [1.29, 1.82) is 0 Å². The number of benzene rings is 1. The van der Waals surface area contributed by atoms with Crippen molar-refractivity contribution >= 4 is 17.4 Å². The predicted octanol–water partition coefficient (Wildman–Crippen LogP) is 2.74. The Bertz CT molecular complexity index is 1230. The molecule has 1 aromatic heterocycles. The van der Waals surface area contributed by atoms with Crippen LogP contribution in [0, 0.1) is 5.41 Å². The van der Waals surface area contributed by atoms with Gasteiger partial charge in [-0.3, -0.25) is 14.6 Å². The summed E-state index contributed by atoms with van der Waals surface area (Å²) in [6, 6.07) is 6.99. The van der Waals surface area contributed by atoms with Crippen LogP contribution in [0.25, 0.3) is 5.57 Å². The Labute approximate surface area is 224 Å². The van der Waals surface area contributed by atoms with E-state index < -0.39 is 18.1 Å². The lowest BCUT2D eigenvalue weighted by Crippen LogP contribution is -2.58. The average molecular weight is 547 g/mol. The second kappa shape index (κ2) is 11.0. The molecule has 1 spiro atoms. The molecule has 2 aliphatic rings. The summed E-state index contributed by atoms with van der Waals surface area (Å²) in [6.45, 7) is 0.343. The Morgan fingerprint density at radius 2 is 1.90 bits per heavy atom. The van der Waals surface area contributed by atoms with Gasteiger partial charge in [0, 0.05) is 18.3 Å². The van der Waals surface area contributed by atoms with Crippen LogP contribution in [0.15, 0.2) is 42.7 Å². The molecule has 210 valence electrons. The standard InChI is InChI=1S/C27H32F2N4O6/c1-26(2,36)14-37-17-4-6-21(32-13-17)20(12-30)24(35)33-15-8-27(9-15)10-18(11-27)38-22-7-16(39-25(28)29)3-5-19(22)23(31)34/h3-7,12-13,15,18,25,36H,8-11,14,30H2,1-2H3,(H2,31,34)(H,33,35). The van der Waals surface area contributed by atoms with Gasteiger partial charge in [-0.2, -0.15) is 8.78 Å². The first-order valence-electron chi connectivity index (χ1n) is 12.5. The number of aliphatic hydroxyl groups is 1. The summed E-state index contributed by atoms with van der Waals surface area (Å²) in [5, 5.41) is 12.8. The van der Waals surface area contributed by atoms with E-state index >= 15 is 0 Å². The highest BCUT2D eigenvalue weighted by atomic mass is 19.3. The highest BCUT2D eigenvalue weighted by Crippen LogP contribution is 2.57. The number of ether oxygens (including phenoxy) is 3. The summed E-state index contributed by atoms with van der Waals surface area (Å²) < 4.78 is 40.9. The molecule has 0 unspecified atom stereocenters. The molecule has 2 fully saturated rings. The van der Waals surface area contributed by atoms with E-state index in [1.165, 1.54) is 30.6 Å². The van der Waals surface area contributed by atoms with Crippen LogP contribution in [0.3, 0.4) is 0 Å². The molecule has 1 heterocycles. The van der Waals surface area contributed by atoms with E-state index in [-0.39, 0.29) is 52.7 Å². The average Bonchev–Trinajstić information content (AvgIpc) is 2.80. The molecule has 39 heavy (non-hydrogen) atoms. The zero-order chi connectivity index (χ0) is 28.4. The van der Waals surface area contributed by atoms with E-state index in [0.29, 0.717) is 24.3 Å². The molecule has 2 aliphatic carbocycles. The third-order valence-corrected chi connectivity index (χ3v) is 6.77. The van der Waals surface area contributed by atoms with Gasteiger partial charge >= 0.3 is 6.61 Å². The van der Waals surface area contributed by atoms with Crippen molar-refractivity contribution in [2.24, 2.45) is 16.9 Å². The summed E-state index contributed by atoms with van der Waals surface area (Å²) in [7, 11) is 0. The van der Waals surface area contributed by atoms with E-state index in [0.717, 1.165) is 12.8 Å². The second-order valence-electron chi connectivity index (χ2n) is 10.7. The number of aromatic nitrogens is 1. The lowest BCUT2D eigenvalue weighted by Gasteiger charge is -2.57. The van der Waals surface area contributed by atoms with Crippen LogP contribution in [0.2, 0.25) is 0 Å². The number of carbonyl (C=O) groups excluding carboxylic acids is 2. The van der Waals surface area contributed by atoms with Crippen LogP contribution in [-0.4, -0.2) is 52.9 Å². The van der Waals surface area contributed by atoms with E-state index in [1.807, 2.05) is 0 Å². The fourth-order valence-electron chi connectivity index (χ4n) is 5.00. The minimum Gasteiger partial charge on any atom is -0.489 e. The van der Waals surface area contributed by atoms with Gasteiger partial charge in [0.25, 0.3) is 11.8 Å². The minimum absolute atomic E-state index is 0.00308. The first-order valence-corrected chi connectivity index (χ1v) is 12.5. The molecule has 0 atom stereocenters. The van der Waals surface area contributed by atoms with E-state index in [2.05, 4.69) is 15.0 Å². The SMILES string of the molecule is CC(C)(O)COc1ccc(C(=CN)C(=O)NC2CC3(C2)CC(Oc2cc(OC(F)F)ccc2C(N)=O)C3)nc1. The number of hydrogen-bond acceptors (Lipinski definition) is 8. The first kappa shape index (κ1) is 28.1. The molecule has 4 rings (SSSR count). The molecule has 2 amide bonds.